The molecule has 65 heavy (non-hydrogen) atoms. The van der Waals surface area contributed by atoms with Crippen molar-refractivity contribution in [1.82, 2.24) is 9.13 Å². The van der Waals surface area contributed by atoms with Gasteiger partial charge in [-0.05, 0) is 104 Å². The summed E-state index contributed by atoms with van der Waals surface area (Å²) in [6, 6.07) is 82.0. The minimum atomic E-state index is 1.15. The molecule has 0 aliphatic heterocycles. The molecular formula is C60H43B3N2. The van der Waals surface area contributed by atoms with Gasteiger partial charge in [-0.15, -0.1) is 0 Å². The second-order valence-electron chi connectivity index (χ2n) is 17.3. The lowest BCUT2D eigenvalue weighted by Crippen LogP contribution is -2.35. The Morgan fingerprint density at radius 2 is 0.815 bits per heavy atom. The van der Waals surface area contributed by atoms with Crippen LogP contribution in [-0.4, -0.2) is 32.7 Å². The molecule has 0 saturated carbocycles. The van der Waals surface area contributed by atoms with Crippen molar-refractivity contribution in [2.75, 3.05) is 0 Å². The molecule has 0 radical (unpaired) electrons. The van der Waals surface area contributed by atoms with Crippen LogP contribution < -0.4 is 16.4 Å². The maximum absolute atomic E-state index is 2.53. The summed E-state index contributed by atoms with van der Waals surface area (Å²) in [7, 11) is 7.01. The van der Waals surface area contributed by atoms with Gasteiger partial charge in [0.1, 0.15) is 23.5 Å². The van der Waals surface area contributed by atoms with E-state index in [-0.39, 0.29) is 0 Å². The van der Waals surface area contributed by atoms with Crippen molar-refractivity contribution in [3.63, 3.8) is 0 Å². The normalized spacial score (nSPS) is 11.6. The van der Waals surface area contributed by atoms with E-state index in [4.69, 9.17) is 0 Å². The number of fused-ring (bicyclic) bond motifs is 6. The van der Waals surface area contributed by atoms with E-state index in [0.717, 1.165) is 11.4 Å². The zero-order valence-corrected chi connectivity index (χ0v) is 36.8. The zero-order valence-electron chi connectivity index (χ0n) is 36.8. The van der Waals surface area contributed by atoms with Crippen molar-refractivity contribution in [3.8, 4) is 67.0 Å². The van der Waals surface area contributed by atoms with E-state index in [9.17, 15) is 0 Å². The Morgan fingerprint density at radius 3 is 1.55 bits per heavy atom. The van der Waals surface area contributed by atoms with Crippen LogP contribution in [0.4, 0.5) is 0 Å². The van der Waals surface area contributed by atoms with Gasteiger partial charge in [-0.2, -0.15) is 0 Å². The summed E-state index contributed by atoms with van der Waals surface area (Å²) in [6.07, 6.45) is 0. The van der Waals surface area contributed by atoms with Gasteiger partial charge in [0.05, 0.1) is 16.6 Å². The molecule has 0 spiro atoms. The monoisotopic (exact) mass is 824 g/mol. The molecule has 2 heterocycles. The first-order valence-electron chi connectivity index (χ1n) is 22.6. The van der Waals surface area contributed by atoms with E-state index in [0.29, 0.717) is 0 Å². The average molecular weight is 824 g/mol. The SMILES string of the molecule is Bc1c(-c2ccc3c(c2)c2ccccc2n3-c2ccc(-c3ccccc3)cc2)c(B)c2c3c(-c4ccccc4-c4ccccc4)cccc3n(-c3cccc(-c4ccccc4)c3)c2c1B. The number of nitrogens with zero attached hydrogens (tertiary/aromatic N) is 2. The van der Waals surface area contributed by atoms with Crippen molar-refractivity contribution in [2.24, 2.45) is 0 Å². The largest absolute Gasteiger partial charge is 0.310 e. The highest BCUT2D eigenvalue weighted by molar-refractivity contribution is 6.60. The highest BCUT2D eigenvalue weighted by Crippen LogP contribution is 2.42. The minimum absolute atomic E-state index is 1.15. The summed E-state index contributed by atoms with van der Waals surface area (Å²) >= 11 is 0. The maximum atomic E-state index is 2.53. The van der Waals surface area contributed by atoms with Crippen molar-refractivity contribution < 1.29 is 0 Å². The van der Waals surface area contributed by atoms with Crippen molar-refractivity contribution >= 4 is 83.5 Å². The third-order valence-electron chi connectivity index (χ3n) is 13.7. The number of benzene rings is 10. The first kappa shape index (κ1) is 38.7. The number of rotatable bonds is 7. The molecule has 0 bridgehead atoms. The second kappa shape index (κ2) is 15.7. The van der Waals surface area contributed by atoms with E-state index in [1.807, 2.05) is 0 Å². The number of para-hydroxylation sites is 1. The molecular weight excluding hydrogens is 781 g/mol. The summed E-state index contributed by atoms with van der Waals surface area (Å²) in [5, 5.41) is 5.07. The Balaban J connectivity index is 1.12. The van der Waals surface area contributed by atoms with Crippen LogP contribution in [0.5, 0.6) is 0 Å². The fourth-order valence-electron chi connectivity index (χ4n) is 10.6. The number of hydrogen-bond acceptors (Lipinski definition) is 0. The molecule has 0 N–H and O–H groups in total. The lowest BCUT2D eigenvalue weighted by Gasteiger charge is -2.19. The topological polar surface area (TPSA) is 9.86 Å². The molecule has 0 amide bonds. The Hall–Kier alpha value is -8.01. The molecule has 12 rings (SSSR count). The predicted octanol–water partition coefficient (Wildman–Crippen LogP) is 11.0. The predicted molar refractivity (Wildman–Crippen MR) is 287 cm³/mol. The lowest BCUT2D eigenvalue weighted by molar-refractivity contribution is 1.18. The first-order chi connectivity index (χ1) is 32.0. The highest BCUT2D eigenvalue weighted by Gasteiger charge is 2.25. The summed E-state index contributed by atoms with van der Waals surface area (Å²) < 4.78 is 4.95. The Bertz CT molecular complexity index is 3780. The summed E-state index contributed by atoms with van der Waals surface area (Å²) in [5.41, 5.74) is 23.3. The van der Waals surface area contributed by atoms with E-state index < -0.39 is 0 Å². The summed E-state index contributed by atoms with van der Waals surface area (Å²) in [5.74, 6) is 0. The van der Waals surface area contributed by atoms with Gasteiger partial charge in [-0.1, -0.05) is 192 Å². The number of hydrogen-bond donors (Lipinski definition) is 0. The van der Waals surface area contributed by atoms with Crippen LogP contribution in [0.25, 0.3) is 111 Å². The molecule has 10 aromatic carbocycles. The molecule has 2 nitrogen and oxygen atoms in total. The van der Waals surface area contributed by atoms with E-state index in [1.165, 1.54) is 116 Å². The minimum Gasteiger partial charge on any atom is -0.310 e. The van der Waals surface area contributed by atoms with Crippen LogP contribution >= 0.6 is 0 Å². The summed E-state index contributed by atoms with van der Waals surface area (Å²) in [6.45, 7) is 0. The standard InChI is InChI=1S/C60H43B3N2/c61-57-54(43-32-35-52-50(37-43)48-26-12-13-28-51(48)64(52)44-33-30-40(31-34-44)38-16-4-1-5-17-38)58(62)59(63)60-56(57)55-49(47-25-11-10-24-46(47)41-20-8-3-9-21-41)27-15-29-53(55)65(60)45-23-14-22-42(36-45)39-18-6-2-7-19-39/h1-37H,61-63H2. The van der Waals surface area contributed by atoms with Crippen molar-refractivity contribution in [3.05, 3.63) is 224 Å². The Morgan fingerprint density at radius 1 is 0.277 bits per heavy atom. The van der Waals surface area contributed by atoms with E-state index >= 15 is 0 Å². The molecule has 0 aliphatic carbocycles. The highest BCUT2D eigenvalue weighted by atomic mass is 15.0. The van der Waals surface area contributed by atoms with Gasteiger partial charge in [-0.3, -0.25) is 0 Å². The first-order valence-corrected chi connectivity index (χ1v) is 22.6. The molecule has 0 fully saturated rings. The third-order valence-corrected chi connectivity index (χ3v) is 13.7. The Kier molecular flexibility index (Phi) is 9.31. The smallest absolute Gasteiger partial charge is 0.141 e. The molecule has 0 atom stereocenters. The van der Waals surface area contributed by atoms with Crippen LogP contribution in [0, 0.1) is 0 Å². The van der Waals surface area contributed by atoms with Crippen LogP contribution in [-0.2, 0) is 0 Å². The van der Waals surface area contributed by atoms with Crippen LogP contribution in [0.2, 0.25) is 0 Å². The molecule has 0 unspecified atom stereocenters. The molecule has 0 aliphatic rings. The summed E-state index contributed by atoms with van der Waals surface area (Å²) in [4.78, 5) is 0. The quantitative estimate of drug-likeness (QED) is 0.142. The van der Waals surface area contributed by atoms with E-state index in [2.05, 4.69) is 257 Å². The van der Waals surface area contributed by atoms with Crippen LogP contribution in [0.1, 0.15) is 0 Å². The molecule has 0 saturated heterocycles. The zero-order chi connectivity index (χ0) is 43.6. The maximum Gasteiger partial charge on any atom is 0.141 e. The van der Waals surface area contributed by atoms with Gasteiger partial charge in [0.25, 0.3) is 0 Å². The Labute approximate surface area is 382 Å². The molecule has 5 heteroatoms. The van der Waals surface area contributed by atoms with Gasteiger partial charge < -0.3 is 9.13 Å². The van der Waals surface area contributed by atoms with E-state index in [1.54, 1.807) is 0 Å². The molecule has 12 aromatic rings. The van der Waals surface area contributed by atoms with Gasteiger partial charge >= 0.3 is 0 Å². The third kappa shape index (κ3) is 6.30. The fraction of sp³-hybridized carbons (Fsp3) is 0. The van der Waals surface area contributed by atoms with Crippen LogP contribution in [0.3, 0.4) is 0 Å². The lowest BCUT2D eigenvalue weighted by atomic mass is 9.69. The molecule has 302 valence electrons. The molecule has 2 aromatic heterocycles. The number of aromatic nitrogens is 2. The van der Waals surface area contributed by atoms with Crippen molar-refractivity contribution in [2.45, 2.75) is 0 Å². The van der Waals surface area contributed by atoms with Gasteiger partial charge in [0.2, 0.25) is 0 Å². The van der Waals surface area contributed by atoms with Gasteiger partial charge in [0, 0.05) is 38.4 Å². The van der Waals surface area contributed by atoms with Crippen LogP contribution in [0.15, 0.2) is 224 Å². The fourth-order valence-corrected chi connectivity index (χ4v) is 10.6. The van der Waals surface area contributed by atoms with Gasteiger partial charge in [-0.25, -0.2) is 0 Å². The second-order valence-corrected chi connectivity index (χ2v) is 17.3. The van der Waals surface area contributed by atoms with Crippen molar-refractivity contribution in [1.29, 1.82) is 0 Å². The average Bonchev–Trinajstić information content (AvgIpc) is 3.90. The van der Waals surface area contributed by atoms with Gasteiger partial charge in [0.15, 0.2) is 0 Å².